The molecule has 1 saturated heterocycles. The molecular weight excluding hydrogens is 230 g/mol. The number of para-hydroxylation sites is 1. The number of nitrogens with one attached hydrogen (secondary N) is 1. The number of ether oxygens (including phenoxy) is 1. The summed E-state index contributed by atoms with van der Waals surface area (Å²) in [6, 6.07) is 7.99. The van der Waals surface area contributed by atoms with Gasteiger partial charge in [-0.15, -0.1) is 0 Å². The number of rotatable bonds is 4. The molecule has 0 spiro atoms. The molecule has 1 unspecified atom stereocenters. The lowest BCUT2D eigenvalue weighted by molar-refractivity contribution is -0.155. The van der Waals surface area contributed by atoms with Crippen molar-refractivity contribution in [2.75, 3.05) is 26.9 Å². The van der Waals surface area contributed by atoms with Gasteiger partial charge in [-0.3, -0.25) is 0 Å². The summed E-state index contributed by atoms with van der Waals surface area (Å²) in [4.78, 5) is 0. The van der Waals surface area contributed by atoms with Gasteiger partial charge in [0.2, 0.25) is 0 Å². The molecule has 0 saturated carbocycles. The third-order valence-corrected chi connectivity index (χ3v) is 3.82. The molecule has 2 heterocycles. The lowest BCUT2D eigenvalue weighted by Crippen LogP contribution is -2.53. The molecular formula is C14H17NO3. The topological polar surface area (TPSA) is 54.6 Å². The van der Waals surface area contributed by atoms with Crippen LogP contribution in [0.3, 0.4) is 0 Å². The molecule has 1 aromatic heterocycles. The largest absolute Gasteiger partial charge is 0.464 e. The average molecular weight is 247 g/mol. The molecule has 2 aromatic rings. The van der Waals surface area contributed by atoms with Gasteiger partial charge < -0.3 is 19.6 Å². The highest BCUT2D eigenvalue weighted by atomic mass is 16.5. The minimum atomic E-state index is -0.235. The third kappa shape index (κ3) is 1.57. The number of benzene rings is 1. The van der Waals surface area contributed by atoms with Crippen LogP contribution in [0.15, 0.2) is 34.9 Å². The summed E-state index contributed by atoms with van der Waals surface area (Å²) in [7, 11) is 1.90. The third-order valence-electron chi connectivity index (χ3n) is 3.82. The highest BCUT2D eigenvalue weighted by Gasteiger charge is 2.46. The molecule has 1 fully saturated rings. The summed E-state index contributed by atoms with van der Waals surface area (Å²) in [6.07, 6.45) is 1.78. The van der Waals surface area contributed by atoms with Gasteiger partial charge in [0, 0.05) is 17.0 Å². The first-order chi connectivity index (χ1) is 8.80. The van der Waals surface area contributed by atoms with E-state index >= 15 is 0 Å². The fourth-order valence-electron chi connectivity index (χ4n) is 2.73. The number of aliphatic hydroxyl groups is 1. The fourth-order valence-corrected chi connectivity index (χ4v) is 2.73. The van der Waals surface area contributed by atoms with E-state index in [0.29, 0.717) is 13.2 Å². The zero-order valence-electron chi connectivity index (χ0n) is 10.3. The van der Waals surface area contributed by atoms with Crippen molar-refractivity contribution < 1.29 is 14.3 Å². The molecule has 4 nitrogen and oxygen atoms in total. The van der Waals surface area contributed by atoms with Crippen LogP contribution in [0.25, 0.3) is 11.0 Å². The minimum absolute atomic E-state index is 0.0416. The molecule has 4 heteroatoms. The number of hydrogen-bond acceptors (Lipinski definition) is 4. The van der Waals surface area contributed by atoms with Gasteiger partial charge in [0.15, 0.2) is 0 Å². The van der Waals surface area contributed by atoms with Crippen LogP contribution < -0.4 is 5.32 Å². The van der Waals surface area contributed by atoms with Crippen LogP contribution in [-0.2, 0) is 4.74 Å². The van der Waals surface area contributed by atoms with Gasteiger partial charge in [-0.1, -0.05) is 18.2 Å². The summed E-state index contributed by atoms with van der Waals surface area (Å²) in [5.74, 6) is 0. The summed E-state index contributed by atoms with van der Waals surface area (Å²) in [6.45, 7) is 1.26. The minimum Gasteiger partial charge on any atom is -0.464 e. The van der Waals surface area contributed by atoms with Crippen LogP contribution in [0.5, 0.6) is 0 Å². The van der Waals surface area contributed by atoms with Gasteiger partial charge in [0.1, 0.15) is 5.58 Å². The monoisotopic (exact) mass is 247 g/mol. The molecule has 2 N–H and O–H groups in total. The Labute approximate surface area is 106 Å². The van der Waals surface area contributed by atoms with E-state index in [9.17, 15) is 5.11 Å². The molecule has 1 aliphatic heterocycles. The van der Waals surface area contributed by atoms with Gasteiger partial charge in [0.05, 0.1) is 31.5 Å². The van der Waals surface area contributed by atoms with Gasteiger partial charge in [0.25, 0.3) is 0 Å². The SMILES string of the molecule is CNC(c1coc2ccccc12)C1(CO)COC1. The van der Waals surface area contributed by atoms with Crippen molar-refractivity contribution in [1.82, 2.24) is 5.32 Å². The first-order valence-corrected chi connectivity index (χ1v) is 6.13. The Hall–Kier alpha value is -1.36. The zero-order valence-corrected chi connectivity index (χ0v) is 10.3. The zero-order chi connectivity index (χ0) is 12.6. The quantitative estimate of drug-likeness (QED) is 0.863. The standard InChI is InChI=1S/C14H17NO3/c1-15-13(14(7-16)8-17-9-14)11-6-18-12-5-3-2-4-10(11)12/h2-6,13,15-16H,7-9H2,1H3. The van der Waals surface area contributed by atoms with Crippen molar-refractivity contribution in [3.05, 3.63) is 36.1 Å². The molecule has 96 valence electrons. The van der Waals surface area contributed by atoms with Crippen molar-refractivity contribution in [3.8, 4) is 0 Å². The summed E-state index contributed by atoms with van der Waals surface area (Å²) < 4.78 is 10.9. The molecule has 0 amide bonds. The molecule has 0 aliphatic carbocycles. The lowest BCUT2D eigenvalue weighted by atomic mass is 9.76. The predicted octanol–water partition coefficient (Wildman–Crippen LogP) is 1.70. The molecule has 1 atom stereocenters. The van der Waals surface area contributed by atoms with Crippen molar-refractivity contribution >= 4 is 11.0 Å². The maximum absolute atomic E-state index is 9.66. The fraction of sp³-hybridized carbons (Fsp3) is 0.429. The van der Waals surface area contributed by atoms with Crippen molar-refractivity contribution in [1.29, 1.82) is 0 Å². The first-order valence-electron chi connectivity index (χ1n) is 6.13. The highest BCUT2D eigenvalue weighted by molar-refractivity contribution is 5.81. The van der Waals surface area contributed by atoms with Gasteiger partial charge in [-0.25, -0.2) is 0 Å². The van der Waals surface area contributed by atoms with E-state index in [-0.39, 0.29) is 18.1 Å². The van der Waals surface area contributed by atoms with Gasteiger partial charge >= 0.3 is 0 Å². The van der Waals surface area contributed by atoms with Crippen LogP contribution in [0.4, 0.5) is 0 Å². The molecule has 18 heavy (non-hydrogen) atoms. The normalized spacial score (nSPS) is 19.7. The van der Waals surface area contributed by atoms with E-state index in [4.69, 9.17) is 9.15 Å². The number of hydrogen-bond donors (Lipinski definition) is 2. The second-order valence-electron chi connectivity index (χ2n) is 4.92. The number of fused-ring (bicyclic) bond motifs is 1. The van der Waals surface area contributed by atoms with Crippen molar-refractivity contribution in [3.63, 3.8) is 0 Å². The van der Waals surface area contributed by atoms with Gasteiger partial charge in [-0.05, 0) is 13.1 Å². The Balaban J connectivity index is 2.06. The van der Waals surface area contributed by atoms with E-state index in [2.05, 4.69) is 5.32 Å². The van der Waals surface area contributed by atoms with Crippen molar-refractivity contribution in [2.45, 2.75) is 6.04 Å². The van der Waals surface area contributed by atoms with Crippen LogP contribution in [0, 0.1) is 5.41 Å². The van der Waals surface area contributed by atoms with Crippen molar-refractivity contribution in [2.24, 2.45) is 5.41 Å². The average Bonchev–Trinajstić information content (AvgIpc) is 2.77. The van der Waals surface area contributed by atoms with Crippen LogP contribution in [0.2, 0.25) is 0 Å². The predicted molar refractivity (Wildman–Crippen MR) is 68.4 cm³/mol. The van der Waals surface area contributed by atoms with E-state index in [1.807, 2.05) is 31.3 Å². The summed E-state index contributed by atoms with van der Waals surface area (Å²) in [5.41, 5.74) is 1.73. The Morgan fingerprint density at radius 2 is 2.17 bits per heavy atom. The first kappa shape index (κ1) is 11.7. The van der Waals surface area contributed by atoms with Crippen LogP contribution in [0.1, 0.15) is 11.6 Å². The number of furan rings is 1. The second-order valence-corrected chi connectivity index (χ2v) is 4.92. The maximum Gasteiger partial charge on any atom is 0.134 e. The smallest absolute Gasteiger partial charge is 0.134 e. The van der Waals surface area contributed by atoms with E-state index in [0.717, 1.165) is 16.5 Å². The number of aliphatic hydroxyl groups excluding tert-OH is 1. The van der Waals surface area contributed by atoms with E-state index in [1.165, 1.54) is 0 Å². The molecule has 1 aromatic carbocycles. The van der Waals surface area contributed by atoms with Crippen LogP contribution >= 0.6 is 0 Å². The summed E-state index contributed by atoms with van der Waals surface area (Å²) in [5, 5.41) is 14.0. The molecule has 1 aliphatic rings. The molecule has 0 radical (unpaired) electrons. The van der Waals surface area contributed by atoms with E-state index in [1.54, 1.807) is 6.26 Å². The Morgan fingerprint density at radius 1 is 1.39 bits per heavy atom. The Kier molecular flexibility index (Phi) is 2.86. The lowest BCUT2D eigenvalue weighted by Gasteiger charge is -2.45. The maximum atomic E-state index is 9.66. The van der Waals surface area contributed by atoms with E-state index < -0.39 is 0 Å². The highest BCUT2D eigenvalue weighted by Crippen LogP contribution is 2.42. The van der Waals surface area contributed by atoms with Gasteiger partial charge in [-0.2, -0.15) is 0 Å². The Morgan fingerprint density at radius 3 is 2.78 bits per heavy atom. The summed E-state index contributed by atoms with van der Waals surface area (Å²) >= 11 is 0. The second kappa shape index (κ2) is 4.39. The molecule has 0 bridgehead atoms. The van der Waals surface area contributed by atoms with Crippen LogP contribution in [-0.4, -0.2) is 32.0 Å². The Bertz CT molecular complexity index is 539. The molecule has 3 rings (SSSR count).